The van der Waals surface area contributed by atoms with Gasteiger partial charge in [-0.15, -0.1) is 0 Å². The minimum atomic E-state index is 0.0906. The molecule has 2 aromatic heterocycles. The van der Waals surface area contributed by atoms with Crippen LogP contribution in [0, 0.1) is 5.92 Å². The lowest BCUT2D eigenvalue weighted by atomic mass is 10.1. The molecule has 0 bridgehead atoms. The average molecular weight is 437 g/mol. The zero-order valence-corrected chi connectivity index (χ0v) is 19.2. The van der Waals surface area contributed by atoms with Gasteiger partial charge in [0.05, 0.1) is 12.6 Å². The Labute approximate surface area is 189 Å². The SMILES string of the molecule is CCNC(=NCCc1noc(-c2ccccn2)n1)NC(C)c1ccc(OCC(C)C)cc1. The van der Waals surface area contributed by atoms with Gasteiger partial charge in [0.25, 0.3) is 5.89 Å². The molecule has 1 unspecified atom stereocenters. The summed E-state index contributed by atoms with van der Waals surface area (Å²) in [5.41, 5.74) is 1.82. The summed E-state index contributed by atoms with van der Waals surface area (Å²) in [7, 11) is 0. The number of ether oxygens (including phenoxy) is 1. The highest BCUT2D eigenvalue weighted by Gasteiger charge is 2.11. The molecule has 1 aromatic carbocycles. The molecule has 8 nitrogen and oxygen atoms in total. The normalized spacial score (nSPS) is 12.6. The van der Waals surface area contributed by atoms with Crippen LogP contribution in [0.2, 0.25) is 0 Å². The lowest BCUT2D eigenvalue weighted by Crippen LogP contribution is -2.38. The maximum atomic E-state index is 5.77. The number of nitrogens with zero attached hydrogens (tertiary/aromatic N) is 4. The van der Waals surface area contributed by atoms with Crippen molar-refractivity contribution in [2.45, 2.75) is 40.2 Å². The first kappa shape index (κ1) is 23.2. The fourth-order valence-electron chi connectivity index (χ4n) is 2.94. The van der Waals surface area contributed by atoms with Crippen molar-refractivity contribution < 1.29 is 9.26 Å². The maximum absolute atomic E-state index is 5.77. The summed E-state index contributed by atoms with van der Waals surface area (Å²) in [6.45, 7) is 10.4. The Morgan fingerprint density at radius 1 is 1.12 bits per heavy atom. The van der Waals surface area contributed by atoms with Crippen LogP contribution in [0.25, 0.3) is 11.6 Å². The van der Waals surface area contributed by atoms with E-state index in [0.29, 0.717) is 42.9 Å². The van der Waals surface area contributed by atoms with Crippen molar-refractivity contribution >= 4 is 5.96 Å². The first-order valence-corrected chi connectivity index (χ1v) is 11.1. The Hall–Kier alpha value is -3.42. The van der Waals surface area contributed by atoms with Gasteiger partial charge in [-0.2, -0.15) is 4.98 Å². The quantitative estimate of drug-likeness (QED) is 0.366. The molecule has 0 spiro atoms. The zero-order valence-electron chi connectivity index (χ0n) is 19.2. The van der Waals surface area contributed by atoms with E-state index in [0.717, 1.165) is 23.8 Å². The van der Waals surface area contributed by atoms with Gasteiger partial charge in [0, 0.05) is 25.7 Å². The first-order valence-electron chi connectivity index (χ1n) is 11.1. The summed E-state index contributed by atoms with van der Waals surface area (Å²) >= 11 is 0. The second kappa shape index (κ2) is 11.8. The highest BCUT2D eigenvalue weighted by Crippen LogP contribution is 2.18. The number of guanidine groups is 1. The molecule has 0 saturated heterocycles. The number of rotatable bonds is 10. The van der Waals surface area contributed by atoms with Crippen LogP contribution in [-0.2, 0) is 6.42 Å². The standard InChI is InChI=1S/C24H32N6O2/c1-5-25-24(28-18(4)19-9-11-20(12-10-19)31-16-17(2)3)27-15-13-22-29-23(32-30-22)21-8-6-7-14-26-21/h6-12,14,17-18H,5,13,15-16H2,1-4H3,(H2,25,27,28). The van der Waals surface area contributed by atoms with Crippen molar-refractivity contribution in [3.05, 3.63) is 60.0 Å². The predicted molar refractivity (Wildman–Crippen MR) is 126 cm³/mol. The maximum Gasteiger partial charge on any atom is 0.276 e. The van der Waals surface area contributed by atoms with E-state index >= 15 is 0 Å². The van der Waals surface area contributed by atoms with E-state index < -0.39 is 0 Å². The molecule has 0 fully saturated rings. The number of pyridine rings is 1. The van der Waals surface area contributed by atoms with Crippen molar-refractivity contribution in [3.8, 4) is 17.3 Å². The number of hydrogen-bond donors (Lipinski definition) is 2. The molecular weight excluding hydrogens is 404 g/mol. The summed E-state index contributed by atoms with van der Waals surface area (Å²) in [6, 6.07) is 13.8. The van der Waals surface area contributed by atoms with Gasteiger partial charge < -0.3 is 19.9 Å². The Morgan fingerprint density at radius 2 is 1.94 bits per heavy atom. The van der Waals surface area contributed by atoms with Crippen LogP contribution >= 0.6 is 0 Å². The summed E-state index contributed by atoms with van der Waals surface area (Å²) in [5, 5.41) is 10.8. The zero-order chi connectivity index (χ0) is 22.8. The summed E-state index contributed by atoms with van der Waals surface area (Å²) in [4.78, 5) is 13.3. The topological polar surface area (TPSA) is 97.5 Å². The molecule has 170 valence electrons. The van der Waals surface area contributed by atoms with E-state index in [-0.39, 0.29) is 6.04 Å². The monoisotopic (exact) mass is 436 g/mol. The second-order valence-corrected chi connectivity index (χ2v) is 7.88. The van der Waals surface area contributed by atoms with E-state index in [1.165, 1.54) is 0 Å². The van der Waals surface area contributed by atoms with Crippen LogP contribution in [0.4, 0.5) is 0 Å². The van der Waals surface area contributed by atoms with E-state index in [4.69, 9.17) is 9.26 Å². The van der Waals surface area contributed by atoms with E-state index in [1.54, 1.807) is 6.20 Å². The van der Waals surface area contributed by atoms with Crippen molar-refractivity contribution in [2.75, 3.05) is 19.7 Å². The van der Waals surface area contributed by atoms with Gasteiger partial charge in [0.15, 0.2) is 11.8 Å². The summed E-state index contributed by atoms with van der Waals surface area (Å²) in [6.07, 6.45) is 2.27. The van der Waals surface area contributed by atoms with E-state index in [2.05, 4.69) is 63.7 Å². The minimum absolute atomic E-state index is 0.0906. The fourth-order valence-corrected chi connectivity index (χ4v) is 2.94. The minimum Gasteiger partial charge on any atom is -0.493 e. The largest absolute Gasteiger partial charge is 0.493 e. The van der Waals surface area contributed by atoms with Crippen LogP contribution < -0.4 is 15.4 Å². The first-order chi connectivity index (χ1) is 15.5. The van der Waals surface area contributed by atoms with Crippen LogP contribution in [-0.4, -0.2) is 40.8 Å². The predicted octanol–water partition coefficient (Wildman–Crippen LogP) is 4.03. The van der Waals surface area contributed by atoms with Crippen LogP contribution in [0.5, 0.6) is 5.75 Å². The van der Waals surface area contributed by atoms with Crippen molar-refractivity contribution in [2.24, 2.45) is 10.9 Å². The molecule has 8 heteroatoms. The van der Waals surface area contributed by atoms with Gasteiger partial charge in [0.2, 0.25) is 0 Å². The van der Waals surface area contributed by atoms with Crippen molar-refractivity contribution in [1.29, 1.82) is 0 Å². The van der Waals surface area contributed by atoms with Crippen LogP contribution in [0.3, 0.4) is 0 Å². The molecule has 0 aliphatic heterocycles. The lowest BCUT2D eigenvalue weighted by molar-refractivity contribution is 0.271. The molecule has 0 radical (unpaired) electrons. The lowest BCUT2D eigenvalue weighted by Gasteiger charge is -2.18. The van der Waals surface area contributed by atoms with Gasteiger partial charge in [-0.05, 0) is 49.6 Å². The number of aromatic nitrogens is 3. The molecule has 1 atom stereocenters. The molecule has 32 heavy (non-hydrogen) atoms. The Kier molecular flexibility index (Phi) is 8.60. The van der Waals surface area contributed by atoms with Gasteiger partial charge in [-0.25, -0.2) is 0 Å². The molecule has 3 aromatic rings. The van der Waals surface area contributed by atoms with E-state index in [9.17, 15) is 0 Å². The third-order valence-corrected chi connectivity index (χ3v) is 4.62. The molecule has 2 heterocycles. The molecular formula is C24H32N6O2. The third-order valence-electron chi connectivity index (χ3n) is 4.62. The van der Waals surface area contributed by atoms with Crippen molar-refractivity contribution in [3.63, 3.8) is 0 Å². The van der Waals surface area contributed by atoms with Gasteiger partial charge in [-0.3, -0.25) is 9.98 Å². The molecule has 3 rings (SSSR count). The summed E-state index contributed by atoms with van der Waals surface area (Å²) < 4.78 is 11.1. The molecule has 0 amide bonds. The third kappa shape index (κ3) is 7.08. The number of hydrogen-bond acceptors (Lipinski definition) is 6. The van der Waals surface area contributed by atoms with Gasteiger partial charge in [-0.1, -0.05) is 37.2 Å². The number of aliphatic imine (C=N–C) groups is 1. The Bertz CT molecular complexity index is 970. The smallest absolute Gasteiger partial charge is 0.276 e. The van der Waals surface area contributed by atoms with Gasteiger partial charge >= 0.3 is 0 Å². The Balaban J connectivity index is 1.55. The van der Waals surface area contributed by atoms with Gasteiger partial charge in [0.1, 0.15) is 11.4 Å². The molecule has 2 N–H and O–H groups in total. The molecule has 0 aliphatic carbocycles. The highest BCUT2D eigenvalue weighted by atomic mass is 16.5. The molecule has 0 aliphatic rings. The summed E-state index contributed by atoms with van der Waals surface area (Å²) in [5.74, 6) is 3.16. The van der Waals surface area contributed by atoms with Crippen LogP contribution in [0.15, 0.2) is 58.2 Å². The highest BCUT2D eigenvalue weighted by molar-refractivity contribution is 5.80. The second-order valence-electron chi connectivity index (χ2n) is 7.88. The number of nitrogens with one attached hydrogen (secondary N) is 2. The van der Waals surface area contributed by atoms with E-state index in [1.807, 2.05) is 37.3 Å². The fraction of sp³-hybridized carbons (Fsp3) is 0.417. The number of benzene rings is 1. The van der Waals surface area contributed by atoms with Crippen molar-refractivity contribution in [1.82, 2.24) is 25.8 Å². The average Bonchev–Trinajstić information content (AvgIpc) is 3.27. The molecule has 0 saturated carbocycles. The Morgan fingerprint density at radius 3 is 2.62 bits per heavy atom. The van der Waals surface area contributed by atoms with Crippen LogP contribution in [0.1, 0.15) is 45.1 Å².